The Hall–Kier alpha value is -1.51. The van der Waals surface area contributed by atoms with Gasteiger partial charge in [0.05, 0.1) is 11.3 Å². The lowest BCUT2D eigenvalue weighted by atomic mass is 9.96. The lowest BCUT2D eigenvalue weighted by molar-refractivity contribution is 0.434. The van der Waals surface area contributed by atoms with Crippen molar-refractivity contribution < 1.29 is 8.42 Å². The van der Waals surface area contributed by atoms with E-state index in [1.54, 1.807) is 30.4 Å². The molecule has 1 heterocycles. The van der Waals surface area contributed by atoms with E-state index in [4.69, 9.17) is 10.1 Å². The van der Waals surface area contributed by atoms with E-state index in [2.05, 4.69) is 5.10 Å². The van der Waals surface area contributed by atoms with Crippen LogP contribution < -0.4 is 9.94 Å². The van der Waals surface area contributed by atoms with Crippen molar-refractivity contribution in [2.75, 3.05) is 0 Å². The van der Waals surface area contributed by atoms with E-state index in [1.165, 1.54) is 19.3 Å². The molecule has 1 unspecified atom stereocenters. The van der Waals surface area contributed by atoms with Crippen LogP contribution in [-0.2, 0) is 17.1 Å². The van der Waals surface area contributed by atoms with Crippen LogP contribution in [0.2, 0.25) is 0 Å². The van der Waals surface area contributed by atoms with Gasteiger partial charge < -0.3 is 0 Å². The van der Waals surface area contributed by atoms with Crippen LogP contribution in [0.1, 0.15) is 49.8 Å². The fourth-order valence-corrected chi connectivity index (χ4v) is 4.53. The summed E-state index contributed by atoms with van der Waals surface area (Å²) in [5.41, 5.74) is 1.63. The van der Waals surface area contributed by atoms with Crippen molar-refractivity contribution in [3.8, 4) is 10.6 Å². The molecule has 1 saturated carbocycles. The summed E-state index contributed by atoms with van der Waals surface area (Å²) in [5.74, 6) is 0. The van der Waals surface area contributed by atoms with E-state index < -0.39 is 15.3 Å². The Bertz CT molecular complexity index is 891. The first-order chi connectivity index (χ1) is 11.8. The molecule has 136 valence electrons. The van der Waals surface area contributed by atoms with E-state index in [9.17, 15) is 8.42 Å². The van der Waals surface area contributed by atoms with Crippen molar-refractivity contribution in [1.82, 2.24) is 9.78 Å². The molecule has 25 heavy (non-hydrogen) atoms. The van der Waals surface area contributed by atoms with Gasteiger partial charge in [-0.15, -0.1) is 0 Å². The van der Waals surface area contributed by atoms with Crippen LogP contribution in [0.3, 0.4) is 0 Å². The molecule has 0 aliphatic heterocycles. The summed E-state index contributed by atoms with van der Waals surface area (Å²) in [4.78, 5) is 5.80. The molecule has 2 aromatic rings. The predicted octanol–water partition coefficient (Wildman–Crippen LogP) is 2.73. The molecule has 6 nitrogen and oxygen atoms in total. The van der Waals surface area contributed by atoms with Crippen LogP contribution in [0, 0.1) is 0 Å². The maximum atomic E-state index is 11.5. The first-order valence-corrected chi connectivity index (χ1v) is 11.0. The van der Waals surface area contributed by atoms with Crippen molar-refractivity contribution in [3.05, 3.63) is 34.6 Å². The summed E-state index contributed by atoms with van der Waals surface area (Å²) in [6.07, 6.45) is 6.15. The summed E-state index contributed by atoms with van der Waals surface area (Å²) in [7, 11) is -1.67. The first-order valence-electron chi connectivity index (χ1n) is 8.54. The average molecular weight is 381 g/mol. The lowest BCUT2D eigenvalue weighted by Crippen LogP contribution is -2.19. The zero-order valence-corrected chi connectivity index (χ0v) is 16.2. The molecule has 1 atom stereocenters. The Kier molecular flexibility index (Phi) is 5.41. The van der Waals surface area contributed by atoms with Gasteiger partial charge in [-0.2, -0.15) is 5.10 Å². The second-order valence-corrected chi connectivity index (χ2v) is 9.43. The average Bonchev–Trinajstić information content (AvgIpc) is 2.95. The number of nitrogens with zero attached hydrogens (tertiary/aromatic N) is 3. The fraction of sp³-hybridized carbons (Fsp3) is 0.529. The molecule has 1 aromatic heterocycles. The minimum atomic E-state index is -3.58. The number of hydrogen-bond donors (Lipinski definition) is 1. The quantitative estimate of drug-likeness (QED) is 0.884. The van der Waals surface area contributed by atoms with Gasteiger partial charge in [-0.25, -0.2) is 18.2 Å². The molecule has 0 amide bonds. The summed E-state index contributed by atoms with van der Waals surface area (Å²) >= 11 is 1.57. The standard InChI is InChI=1S/C17H24N4O2S2/c1-12(25(18,22)23)13-8-10-14(11-9-13)16-20-21(2)17(24-16)19-15-6-4-3-5-7-15/h8-12,15H,3-7H2,1-2H3,(H2,18,22,23). The number of aromatic nitrogens is 2. The minimum absolute atomic E-state index is 0.409. The Morgan fingerprint density at radius 3 is 2.48 bits per heavy atom. The highest BCUT2D eigenvalue weighted by Gasteiger charge is 2.18. The monoisotopic (exact) mass is 380 g/mol. The van der Waals surface area contributed by atoms with Crippen LogP contribution in [0.25, 0.3) is 10.6 Å². The van der Waals surface area contributed by atoms with Gasteiger partial charge in [0.2, 0.25) is 14.8 Å². The van der Waals surface area contributed by atoms with Gasteiger partial charge in [-0.05, 0) is 25.3 Å². The highest BCUT2D eigenvalue weighted by molar-refractivity contribution is 7.89. The number of rotatable bonds is 4. The normalized spacial score (nSPS) is 18.4. The molecule has 0 radical (unpaired) electrons. The fourth-order valence-electron chi connectivity index (χ4n) is 3.03. The molecular formula is C17H24N4O2S2. The lowest BCUT2D eigenvalue weighted by Gasteiger charge is -2.16. The molecule has 1 aromatic carbocycles. The van der Waals surface area contributed by atoms with E-state index in [0.717, 1.165) is 28.2 Å². The largest absolute Gasteiger partial charge is 0.254 e. The highest BCUT2D eigenvalue weighted by Crippen LogP contribution is 2.25. The van der Waals surface area contributed by atoms with E-state index in [0.29, 0.717) is 11.6 Å². The summed E-state index contributed by atoms with van der Waals surface area (Å²) in [6, 6.07) is 7.78. The van der Waals surface area contributed by atoms with Crippen LogP contribution in [0.4, 0.5) is 0 Å². The number of aryl methyl sites for hydroxylation is 1. The number of primary sulfonamides is 1. The molecule has 0 bridgehead atoms. The van der Waals surface area contributed by atoms with E-state index in [-0.39, 0.29) is 0 Å². The topological polar surface area (TPSA) is 90.3 Å². The van der Waals surface area contributed by atoms with Crippen molar-refractivity contribution >= 4 is 21.4 Å². The minimum Gasteiger partial charge on any atom is -0.254 e. The number of sulfonamides is 1. The van der Waals surface area contributed by atoms with Crippen LogP contribution in [0.5, 0.6) is 0 Å². The van der Waals surface area contributed by atoms with Gasteiger partial charge in [0.1, 0.15) is 5.01 Å². The molecule has 8 heteroatoms. The molecule has 1 aliphatic rings. The summed E-state index contributed by atoms with van der Waals surface area (Å²) < 4.78 is 24.8. The van der Waals surface area contributed by atoms with Gasteiger partial charge >= 0.3 is 0 Å². The molecule has 1 aliphatic carbocycles. The van der Waals surface area contributed by atoms with Crippen LogP contribution in [-0.4, -0.2) is 24.2 Å². The zero-order valence-electron chi connectivity index (χ0n) is 14.6. The maximum absolute atomic E-state index is 11.5. The van der Waals surface area contributed by atoms with Crippen molar-refractivity contribution in [2.45, 2.75) is 50.3 Å². The van der Waals surface area contributed by atoms with Crippen LogP contribution in [0.15, 0.2) is 29.3 Å². The van der Waals surface area contributed by atoms with Gasteiger partial charge in [0, 0.05) is 12.6 Å². The van der Waals surface area contributed by atoms with Crippen molar-refractivity contribution in [3.63, 3.8) is 0 Å². The maximum Gasteiger partial charge on any atom is 0.215 e. The third-order valence-electron chi connectivity index (χ3n) is 4.69. The van der Waals surface area contributed by atoms with Crippen molar-refractivity contribution in [2.24, 2.45) is 17.2 Å². The van der Waals surface area contributed by atoms with Gasteiger partial charge in [0.25, 0.3) is 0 Å². The van der Waals surface area contributed by atoms with Gasteiger partial charge in [-0.1, -0.05) is 54.9 Å². The molecule has 0 spiro atoms. The summed E-state index contributed by atoms with van der Waals surface area (Å²) in [5, 5.41) is 9.95. The smallest absolute Gasteiger partial charge is 0.215 e. The molecular weight excluding hydrogens is 356 g/mol. The Labute approximate surface area is 152 Å². The first kappa shape index (κ1) is 18.3. The Morgan fingerprint density at radius 2 is 1.88 bits per heavy atom. The Balaban J connectivity index is 1.85. The third kappa shape index (κ3) is 4.37. The second kappa shape index (κ2) is 7.39. The molecule has 3 rings (SSSR count). The third-order valence-corrected chi connectivity index (χ3v) is 7.01. The van der Waals surface area contributed by atoms with Crippen LogP contribution >= 0.6 is 11.3 Å². The highest BCUT2D eigenvalue weighted by atomic mass is 32.2. The molecule has 2 N–H and O–H groups in total. The zero-order chi connectivity index (χ0) is 18.0. The summed E-state index contributed by atoms with van der Waals surface area (Å²) in [6.45, 7) is 1.59. The number of nitrogens with two attached hydrogens (primary N) is 1. The predicted molar refractivity (Wildman–Crippen MR) is 100 cm³/mol. The molecule has 0 saturated heterocycles. The number of hydrogen-bond acceptors (Lipinski definition) is 5. The molecule has 1 fully saturated rings. The van der Waals surface area contributed by atoms with Gasteiger partial charge in [-0.3, -0.25) is 4.99 Å². The SMILES string of the molecule is CC(c1ccc(-c2nn(C)c(=NC3CCCCC3)s2)cc1)S(N)(=O)=O. The van der Waals surface area contributed by atoms with Crippen molar-refractivity contribution in [1.29, 1.82) is 0 Å². The Morgan fingerprint density at radius 1 is 1.24 bits per heavy atom. The van der Waals surface area contributed by atoms with E-state index >= 15 is 0 Å². The number of benzene rings is 1. The van der Waals surface area contributed by atoms with Gasteiger partial charge in [0.15, 0.2) is 0 Å². The van der Waals surface area contributed by atoms with E-state index in [1.807, 2.05) is 23.9 Å². The second-order valence-electron chi connectivity index (χ2n) is 6.59.